The Balaban J connectivity index is 2.69. The van der Waals surface area contributed by atoms with Gasteiger partial charge >= 0.3 is 0 Å². The van der Waals surface area contributed by atoms with Crippen LogP contribution >= 0.6 is 0 Å². The molecule has 0 unspecified atom stereocenters. The Morgan fingerprint density at radius 2 is 2.09 bits per heavy atom. The van der Waals surface area contributed by atoms with Crippen LogP contribution in [0.2, 0.25) is 0 Å². The summed E-state index contributed by atoms with van der Waals surface area (Å²) in [5, 5.41) is 0. The van der Waals surface area contributed by atoms with Crippen molar-refractivity contribution in [3.63, 3.8) is 0 Å². The summed E-state index contributed by atoms with van der Waals surface area (Å²) in [4.78, 5) is 0. The van der Waals surface area contributed by atoms with Crippen molar-refractivity contribution in [3.05, 3.63) is 37.0 Å². The normalized spacial score (nSPS) is 34.1. The fourth-order valence-electron chi connectivity index (χ4n) is 1.77. The van der Waals surface area contributed by atoms with Gasteiger partial charge in [-0.05, 0) is 31.6 Å². The first-order chi connectivity index (χ1) is 5.31. The summed E-state index contributed by atoms with van der Waals surface area (Å²) < 4.78 is 0. The van der Waals surface area contributed by atoms with E-state index in [-0.39, 0.29) is 0 Å². The van der Waals surface area contributed by atoms with E-state index >= 15 is 0 Å². The van der Waals surface area contributed by atoms with Crippen molar-refractivity contribution in [1.82, 2.24) is 0 Å². The van der Waals surface area contributed by atoms with Crippen LogP contribution in [0, 0.1) is 11.8 Å². The van der Waals surface area contributed by atoms with E-state index in [0.29, 0.717) is 11.8 Å². The van der Waals surface area contributed by atoms with Gasteiger partial charge in [0.2, 0.25) is 0 Å². The molecule has 1 fully saturated rings. The van der Waals surface area contributed by atoms with E-state index in [4.69, 9.17) is 0 Å². The maximum absolute atomic E-state index is 3.83. The van der Waals surface area contributed by atoms with Crippen LogP contribution in [-0.4, -0.2) is 0 Å². The monoisotopic (exact) mass is 148 g/mol. The Bertz CT molecular complexity index is 186. The molecular weight excluding hydrogens is 132 g/mol. The van der Waals surface area contributed by atoms with Crippen molar-refractivity contribution in [2.45, 2.75) is 19.8 Å². The van der Waals surface area contributed by atoms with Gasteiger partial charge in [0.15, 0.2) is 0 Å². The van der Waals surface area contributed by atoms with E-state index in [1.165, 1.54) is 18.4 Å². The molecule has 11 heavy (non-hydrogen) atoms. The van der Waals surface area contributed by atoms with E-state index < -0.39 is 0 Å². The molecule has 0 aromatic heterocycles. The second-order valence-electron chi connectivity index (χ2n) is 3.14. The highest BCUT2D eigenvalue weighted by atomic mass is 14.3. The summed E-state index contributed by atoms with van der Waals surface area (Å²) in [6.45, 7) is 9.76. The molecular formula is C11H16. The standard InChI is InChI=1S/C11H16/c1-4-9-7-10(5-2)11(6-3)8-9/h4-6,9-10H,1-2,7-8H2,3H3/t9-,10+/m1/s1. The molecule has 0 aromatic rings. The zero-order valence-electron chi connectivity index (χ0n) is 7.22. The third kappa shape index (κ3) is 1.62. The zero-order valence-corrected chi connectivity index (χ0v) is 7.22. The lowest BCUT2D eigenvalue weighted by atomic mass is 10.0. The molecule has 0 radical (unpaired) electrons. The lowest BCUT2D eigenvalue weighted by Crippen LogP contribution is -1.90. The van der Waals surface area contributed by atoms with E-state index in [0.717, 1.165) is 0 Å². The maximum atomic E-state index is 3.83. The van der Waals surface area contributed by atoms with Gasteiger partial charge in [-0.2, -0.15) is 0 Å². The predicted molar refractivity (Wildman–Crippen MR) is 50.4 cm³/mol. The molecule has 0 amide bonds. The van der Waals surface area contributed by atoms with Crippen LogP contribution in [0.15, 0.2) is 37.0 Å². The Hall–Kier alpha value is -0.780. The Morgan fingerprint density at radius 3 is 2.45 bits per heavy atom. The molecule has 0 nitrogen and oxygen atoms in total. The second-order valence-corrected chi connectivity index (χ2v) is 3.14. The molecule has 2 atom stereocenters. The maximum Gasteiger partial charge on any atom is -0.00201 e. The van der Waals surface area contributed by atoms with Crippen molar-refractivity contribution < 1.29 is 0 Å². The highest BCUT2D eigenvalue weighted by Crippen LogP contribution is 2.36. The van der Waals surface area contributed by atoms with Crippen molar-refractivity contribution in [3.8, 4) is 0 Å². The molecule has 1 aliphatic carbocycles. The molecule has 1 saturated carbocycles. The number of hydrogen-bond acceptors (Lipinski definition) is 0. The average Bonchev–Trinajstić information content (AvgIpc) is 2.46. The van der Waals surface area contributed by atoms with Gasteiger partial charge < -0.3 is 0 Å². The van der Waals surface area contributed by atoms with Crippen molar-refractivity contribution >= 4 is 0 Å². The largest absolute Gasteiger partial charge is 0.103 e. The second kappa shape index (κ2) is 3.56. The SMILES string of the molecule is C=C[C@H]1CC(=CC)[C@@H](C=C)C1. The first-order valence-corrected chi connectivity index (χ1v) is 4.22. The minimum Gasteiger partial charge on any atom is -0.103 e. The molecule has 0 aromatic carbocycles. The number of rotatable bonds is 2. The Morgan fingerprint density at radius 1 is 1.36 bits per heavy atom. The molecule has 0 heteroatoms. The first kappa shape index (κ1) is 8.32. The third-order valence-electron chi connectivity index (χ3n) is 2.52. The van der Waals surface area contributed by atoms with E-state index in [1.807, 2.05) is 0 Å². The predicted octanol–water partition coefficient (Wildman–Crippen LogP) is 3.33. The minimum absolute atomic E-state index is 0.614. The van der Waals surface area contributed by atoms with Crippen LogP contribution in [0.4, 0.5) is 0 Å². The summed E-state index contributed by atoms with van der Waals surface area (Å²) in [6, 6.07) is 0. The van der Waals surface area contributed by atoms with Gasteiger partial charge in [-0.1, -0.05) is 23.8 Å². The van der Waals surface area contributed by atoms with Crippen LogP contribution in [0.3, 0.4) is 0 Å². The van der Waals surface area contributed by atoms with Gasteiger partial charge in [-0.25, -0.2) is 0 Å². The molecule has 0 bridgehead atoms. The van der Waals surface area contributed by atoms with Gasteiger partial charge in [-0.3, -0.25) is 0 Å². The number of allylic oxidation sites excluding steroid dienone is 4. The van der Waals surface area contributed by atoms with Crippen molar-refractivity contribution in [2.75, 3.05) is 0 Å². The van der Waals surface area contributed by atoms with Crippen LogP contribution in [-0.2, 0) is 0 Å². The average molecular weight is 148 g/mol. The molecule has 1 aliphatic rings. The van der Waals surface area contributed by atoms with E-state index in [2.05, 4.69) is 38.3 Å². The lowest BCUT2D eigenvalue weighted by Gasteiger charge is -2.02. The van der Waals surface area contributed by atoms with Gasteiger partial charge in [0.25, 0.3) is 0 Å². The highest BCUT2D eigenvalue weighted by molar-refractivity contribution is 5.19. The summed E-state index contributed by atoms with van der Waals surface area (Å²) in [7, 11) is 0. The van der Waals surface area contributed by atoms with E-state index in [9.17, 15) is 0 Å². The van der Waals surface area contributed by atoms with Crippen LogP contribution in [0.5, 0.6) is 0 Å². The summed E-state index contributed by atoms with van der Waals surface area (Å²) >= 11 is 0. The summed E-state index contributed by atoms with van der Waals surface area (Å²) in [5.74, 6) is 1.30. The van der Waals surface area contributed by atoms with E-state index in [1.54, 1.807) is 0 Å². The fourth-order valence-corrected chi connectivity index (χ4v) is 1.77. The Labute approximate surface area is 69.3 Å². The van der Waals surface area contributed by atoms with Gasteiger partial charge in [-0.15, -0.1) is 13.2 Å². The molecule has 60 valence electrons. The zero-order chi connectivity index (χ0) is 8.27. The number of hydrogen-bond donors (Lipinski definition) is 0. The van der Waals surface area contributed by atoms with Crippen LogP contribution in [0.25, 0.3) is 0 Å². The fraction of sp³-hybridized carbons (Fsp3) is 0.455. The smallest absolute Gasteiger partial charge is 0.00201 e. The summed E-state index contributed by atoms with van der Waals surface area (Å²) in [5.41, 5.74) is 1.53. The quantitative estimate of drug-likeness (QED) is 0.527. The van der Waals surface area contributed by atoms with Crippen LogP contribution < -0.4 is 0 Å². The lowest BCUT2D eigenvalue weighted by molar-refractivity contribution is 0.648. The molecule has 0 saturated heterocycles. The molecule has 0 heterocycles. The van der Waals surface area contributed by atoms with Crippen LogP contribution in [0.1, 0.15) is 19.8 Å². The van der Waals surface area contributed by atoms with Crippen molar-refractivity contribution in [1.29, 1.82) is 0 Å². The molecule has 0 aliphatic heterocycles. The van der Waals surface area contributed by atoms with Gasteiger partial charge in [0.1, 0.15) is 0 Å². The molecule has 0 spiro atoms. The highest BCUT2D eigenvalue weighted by Gasteiger charge is 2.23. The van der Waals surface area contributed by atoms with Gasteiger partial charge in [0.05, 0.1) is 0 Å². The Kier molecular flexibility index (Phi) is 2.70. The minimum atomic E-state index is 0.614. The molecule has 0 N–H and O–H groups in total. The third-order valence-corrected chi connectivity index (χ3v) is 2.52. The molecule has 1 rings (SSSR count). The topological polar surface area (TPSA) is 0 Å². The summed E-state index contributed by atoms with van der Waals surface area (Å²) in [6.07, 6.45) is 8.74. The first-order valence-electron chi connectivity index (χ1n) is 4.22. The van der Waals surface area contributed by atoms with Crippen molar-refractivity contribution in [2.24, 2.45) is 11.8 Å². The van der Waals surface area contributed by atoms with Gasteiger partial charge in [0, 0.05) is 0 Å².